The van der Waals surface area contributed by atoms with E-state index < -0.39 is 36.0 Å². The third-order valence-corrected chi connectivity index (χ3v) is 4.21. The highest BCUT2D eigenvalue weighted by atomic mass is 32.1. The zero-order valence-corrected chi connectivity index (χ0v) is 14.4. The Hall–Kier alpha value is -2.09. The van der Waals surface area contributed by atoms with E-state index in [-0.39, 0.29) is 6.61 Å². The Bertz CT molecular complexity index is 546. The number of carboxylic acid groups (broad SMARTS) is 1. The van der Waals surface area contributed by atoms with Gasteiger partial charge in [-0.3, -0.25) is 9.59 Å². The van der Waals surface area contributed by atoms with Crippen LogP contribution in [-0.4, -0.2) is 47.7 Å². The summed E-state index contributed by atoms with van der Waals surface area (Å²) in [6.07, 6.45) is 0. The maximum Gasteiger partial charge on any atom is 0.328 e. The summed E-state index contributed by atoms with van der Waals surface area (Å²) in [5.74, 6) is -2.03. The van der Waals surface area contributed by atoms with Crippen molar-refractivity contribution in [2.24, 2.45) is 0 Å². The van der Waals surface area contributed by atoms with Gasteiger partial charge in [0, 0.05) is 0 Å². The van der Waals surface area contributed by atoms with Gasteiger partial charge in [0.15, 0.2) is 0 Å². The van der Waals surface area contributed by atoms with Crippen LogP contribution in [0.3, 0.4) is 0 Å². The number of ether oxygens (including phenoxy) is 1. The fourth-order valence-electron chi connectivity index (χ4n) is 2.03. The Morgan fingerprint density at radius 3 is 2.43 bits per heavy atom. The molecular formula is C15H22N2O5S. The lowest BCUT2D eigenvalue weighted by atomic mass is 10.1. The maximum atomic E-state index is 12.3. The highest BCUT2D eigenvalue weighted by Gasteiger charge is 2.32. The number of esters is 1. The summed E-state index contributed by atoms with van der Waals surface area (Å²) < 4.78 is 5.03. The largest absolute Gasteiger partial charge is 0.480 e. The third kappa shape index (κ3) is 4.95. The van der Waals surface area contributed by atoms with E-state index >= 15 is 0 Å². The SMILES string of the molecule is CCOC(=O)[C@H](C)N(c1cccs1)[C@@H](C)C(=O)N[C@@H](C)C(=O)O. The van der Waals surface area contributed by atoms with Crippen LogP contribution in [0.25, 0.3) is 0 Å². The van der Waals surface area contributed by atoms with Crippen molar-refractivity contribution in [1.82, 2.24) is 5.32 Å². The minimum absolute atomic E-state index is 0.248. The molecule has 0 radical (unpaired) electrons. The van der Waals surface area contributed by atoms with Crippen LogP contribution in [0.2, 0.25) is 0 Å². The van der Waals surface area contributed by atoms with Crippen LogP contribution in [0.4, 0.5) is 5.00 Å². The number of thiophene rings is 1. The molecule has 2 N–H and O–H groups in total. The van der Waals surface area contributed by atoms with Crippen molar-refractivity contribution < 1.29 is 24.2 Å². The zero-order chi connectivity index (χ0) is 17.6. The molecule has 0 spiro atoms. The van der Waals surface area contributed by atoms with Gasteiger partial charge in [0.1, 0.15) is 18.1 Å². The number of rotatable bonds is 8. The summed E-state index contributed by atoms with van der Waals surface area (Å²) in [5.41, 5.74) is 0. The molecule has 0 bridgehead atoms. The first-order valence-electron chi connectivity index (χ1n) is 7.31. The molecule has 0 saturated carbocycles. The van der Waals surface area contributed by atoms with Crippen LogP contribution in [-0.2, 0) is 19.1 Å². The molecule has 128 valence electrons. The van der Waals surface area contributed by atoms with Gasteiger partial charge >= 0.3 is 11.9 Å². The quantitative estimate of drug-likeness (QED) is 0.695. The Balaban J connectivity index is 2.98. The number of carbonyl (C=O) groups excluding carboxylic acids is 2. The van der Waals surface area contributed by atoms with Crippen molar-refractivity contribution in [1.29, 1.82) is 0 Å². The van der Waals surface area contributed by atoms with E-state index in [9.17, 15) is 14.4 Å². The Labute approximate surface area is 139 Å². The summed E-state index contributed by atoms with van der Waals surface area (Å²) in [7, 11) is 0. The van der Waals surface area contributed by atoms with Crippen molar-refractivity contribution in [2.45, 2.75) is 45.8 Å². The van der Waals surface area contributed by atoms with Crippen LogP contribution < -0.4 is 10.2 Å². The van der Waals surface area contributed by atoms with Crippen molar-refractivity contribution in [2.75, 3.05) is 11.5 Å². The molecule has 1 amide bonds. The van der Waals surface area contributed by atoms with E-state index in [1.165, 1.54) is 18.3 Å². The molecule has 0 aliphatic carbocycles. The highest BCUT2D eigenvalue weighted by molar-refractivity contribution is 7.14. The first-order valence-corrected chi connectivity index (χ1v) is 8.19. The number of nitrogens with zero attached hydrogens (tertiary/aromatic N) is 1. The number of hydrogen-bond acceptors (Lipinski definition) is 6. The number of aliphatic carboxylic acids is 1. The topological polar surface area (TPSA) is 95.9 Å². The zero-order valence-electron chi connectivity index (χ0n) is 13.6. The Morgan fingerprint density at radius 1 is 1.30 bits per heavy atom. The lowest BCUT2D eigenvalue weighted by Crippen LogP contribution is -2.54. The molecule has 0 aromatic carbocycles. The number of anilines is 1. The number of carboxylic acids is 1. The van der Waals surface area contributed by atoms with Crippen LogP contribution in [0.5, 0.6) is 0 Å². The molecule has 0 aliphatic heterocycles. The van der Waals surface area contributed by atoms with E-state index in [1.54, 1.807) is 31.7 Å². The summed E-state index contributed by atoms with van der Waals surface area (Å²) in [6.45, 7) is 6.63. The molecule has 1 aromatic heterocycles. The van der Waals surface area contributed by atoms with Crippen molar-refractivity contribution >= 4 is 34.2 Å². The van der Waals surface area contributed by atoms with Gasteiger partial charge in [-0.2, -0.15) is 0 Å². The second-order valence-corrected chi connectivity index (χ2v) is 5.96. The van der Waals surface area contributed by atoms with Crippen LogP contribution in [0.1, 0.15) is 27.7 Å². The molecule has 0 unspecified atom stereocenters. The summed E-state index contributed by atoms with van der Waals surface area (Å²) in [5, 5.41) is 13.9. The van der Waals surface area contributed by atoms with Gasteiger partial charge in [-0.1, -0.05) is 0 Å². The van der Waals surface area contributed by atoms with E-state index in [0.717, 1.165) is 5.00 Å². The minimum atomic E-state index is -1.12. The molecule has 1 aromatic rings. The van der Waals surface area contributed by atoms with E-state index in [4.69, 9.17) is 9.84 Å². The van der Waals surface area contributed by atoms with Gasteiger partial charge in [0.2, 0.25) is 5.91 Å². The van der Waals surface area contributed by atoms with Gasteiger partial charge in [-0.25, -0.2) is 4.79 Å². The lowest BCUT2D eigenvalue weighted by Gasteiger charge is -2.33. The molecule has 0 saturated heterocycles. The summed E-state index contributed by atoms with van der Waals surface area (Å²) in [6, 6.07) is 1.21. The molecule has 0 fully saturated rings. The van der Waals surface area contributed by atoms with Gasteiger partial charge in [-0.05, 0) is 45.2 Å². The van der Waals surface area contributed by atoms with E-state index in [0.29, 0.717) is 0 Å². The predicted octanol–water partition coefficient (Wildman–Crippen LogP) is 1.48. The Morgan fingerprint density at radius 2 is 1.96 bits per heavy atom. The smallest absolute Gasteiger partial charge is 0.328 e. The van der Waals surface area contributed by atoms with Gasteiger partial charge in [-0.15, -0.1) is 11.3 Å². The molecule has 1 rings (SSSR count). The number of hydrogen-bond donors (Lipinski definition) is 2. The van der Waals surface area contributed by atoms with Crippen molar-refractivity contribution in [3.63, 3.8) is 0 Å². The number of amides is 1. The molecule has 3 atom stereocenters. The van der Waals surface area contributed by atoms with Gasteiger partial charge in [0.25, 0.3) is 0 Å². The van der Waals surface area contributed by atoms with Crippen LogP contribution >= 0.6 is 11.3 Å². The molecule has 0 aliphatic rings. The normalized spacial score (nSPS) is 14.4. The Kier molecular flexibility index (Phi) is 7.02. The number of carbonyl (C=O) groups is 3. The maximum absolute atomic E-state index is 12.3. The average molecular weight is 342 g/mol. The summed E-state index contributed by atoms with van der Waals surface area (Å²) >= 11 is 1.39. The molecule has 7 nitrogen and oxygen atoms in total. The van der Waals surface area contributed by atoms with Gasteiger partial charge < -0.3 is 20.1 Å². The molecule has 1 heterocycles. The second kappa shape index (κ2) is 8.52. The highest BCUT2D eigenvalue weighted by Crippen LogP contribution is 2.26. The van der Waals surface area contributed by atoms with Crippen molar-refractivity contribution in [3.05, 3.63) is 17.5 Å². The number of nitrogens with one attached hydrogen (secondary N) is 1. The fraction of sp³-hybridized carbons (Fsp3) is 0.533. The van der Waals surface area contributed by atoms with E-state index in [2.05, 4.69) is 5.32 Å². The molecule has 23 heavy (non-hydrogen) atoms. The van der Waals surface area contributed by atoms with Crippen LogP contribution in [0, 0.1) is 0 Å². The molecular weight excluding hydrogens is 320 g/mol. The second-order valence-electron chi connectivity index (χ2n) is 5.03. The molecule has 8 heteroatoms. The van der Waals surface area contributed by atoms with Crippen molar-refractivity contribution in [3.8, 4) is 0 Å². The van der Waals surface area contributed by atoms with E-state index in [1.807, 2.05) is 11.4 Å². The predicted molar refractivity (Wildman–Crippen MR) is 87.6 cm³/mol. The van der Waals surface area contributed by atoms with Crippen LogP contribution in [0.15, 0.2) is 17.5 Å². The monoisotopic (exact) mass is 342 g/mol. The standard InChI is InChI=1S/C15H22N2O5S/c1-5-22-15(21)11(4)17(12-7-6-8-23-12)10(3)13(18)16-9(2)14(19)20/h6-11H,5H2,1-4H3,(H,16,18)(H,19,20)/t9-,10-,11-/m0/s1. The first-order chi connectivity index (χ1) is 10.8. The minimum Gasteiger partial charge on any atom is -0.480 e. The lowest BCUT2D eigenvalue weighted by molar-refractivity contribution is -0.145. The third-order valence-electron chi connectivity index (χ3n) is 3.33. The fourth-order valence-corrected chi connectivity index (χ4v) is 2.92. The summed E-state index contributed by atoms with van der Waals surface area (Å²) in [4.78, 5) is 36.9. The average Bonchev–Trinajstić information content (AvgIpc) is 3.01. The van der Waals surface area contributed by atoms with Gasteiger partial charge in [0.05, 0.1) is 11.6 Å². The first kappa shape index (κ1) is 19.0.